The molecule has 0 spiro atoms. The second-order valence-electron chi connectivity index (χ2n) is 13.9. The molecule has 4 aliphatic heterocycles. The van der Waals surface area contributed by atoms with Crippen molar-refractivity contribution in [3.05, 3.63) is 59.7 Å². The van der Waals surface area contributed by atoms with Gasteiger partial charge in [0, 0.05) is 68.7 Å². The van der Waals surface area contributed by atoms with Crippen molar-refractivity contribution in [2.24, 2.45) is 5.41 Å². The topological polar surface area (TPSA) is 105 Å². The fraction of sp³-hybridized carbons (Fsp3) is 0.543. The summed E-state index contributed by atoms with van der Waals surface area (Å²) in [6, 6.07) is 15.8. The minimum Gasteiger partial charge on any atom is -0.342 e. The van der Waals surface area contributed by atoms with E-state index in [2.05, 4.69) is 37.5 Å². The third-order valence-corrected chi connectivity index (χ3v) is 11.0. The first-order valence-electron chi connectivity index (χ1n) is 16.6. The molecular formula is C35H46N6O4S. The molecule has 10 nitrogen and oxygen atoms in total. The van der Waals surface area contributed by atoms with Crippen LogP contribution in [0.25, 0.3) is 0 Å². The number of nitrogens with one attached hydrogen (secondary N) is 2. The monoisotopic (exact) mass is 646 g/mol. The van der Waals surface area contributed by atoms with Gasteiger partial charge in [-0.15, -0.1) is 11.8 Å². The average Bonchev–Trinajstić information content (AvgIpc) is 3.23. The highest BCUT2D eigenvalue weighted by Crippen LogP contribution is 2.48. The zero-order valence-corrected chi connectivity index (χ0v) is 28.0. The van der Waals surface area contributed by atoms with Crippen LogP contribution in [-0.4, -0.2) is 95.6 Å². The zero-order chi connectivity index (χ0) is 32.4. The molecule has 3 saturated heterocycles. The molecule has 3 fully saturated rings. The Bertz CT molecular complexity index is 1470. The minimum absolute atomic E-state index is 0.00951. The van der Waals surface area contributed by atoms with Gasteiger partial charge in [0.1, 0.15) is 5.37 Å². The quantitative estimate of drug-likeness (QED) is 0.460. The van der Waals surface area contributed by atoms with Gasteiger partial charge in [-0.25, -0.2) is 4.79 Å². The number of carbonyl (C=O) groups is 4. The molecule has 5 amide bonds. The highest BCUT2D eigenvalue weighted by molar-refractivity contribution is 8.01. The van der Waals surface area contributed by atoms with Crippen LogP contribution in [0, 0.1) is 5.41 Å². The number of hydrogen-bond donors (Lipinski definition) is 2. The molecule has 0 bridgehead atoms. The molecule has 4 aliphatic rings. The van der Waals surface area contributed by atoms with Gasteiger partial charge in [0.2, 0.25) is 17.7 Å². The predicted molar refractivity (Wildman–Crippen MR) is 182 cm³/mol. The Morgan fingerprint density at radius 3 is 2.46 bits per heavy atom. The van der Waals surface area contributed by atoms with E-state index in [1.165, 1.54) is 11.8 Å². The summed E-state index contributed by atoms with van der Waals surface area (Å²) in [4.78, 5) is 61.1. The van der Waals surface area contributed by atoms with Crippen molar-refractivity contribution in [1.82, 2.24) is 20.0 Å². The molecule has 0 radical (unpaired) electrons. The third kappa shape index (κ3) is 7.05. The maximum Gasteiger partial charge on any atom is 0.322 e. The SMILES string of the molecule is CC(C)(C)CCN1C(=O)[C@H](CC(=O)N2CCC(N3CCc4ccccc4NC3=O)CC2)S[C@@H]1c1ccccc1N1CCNCC1=O. The lowest BCUT2D eigenvalue weighted by Gasteiger charge is -2.38. The van der Waals surface area contributed by atoms with Crippen molar-refractivity contribution in [1.29, 1.82) is 0 Å². The Morgan fingerprint density at radius 1 is 0.957 bits per heavy atom. The number of piperazine rings is 1. The van der Waals surface area contributed by atoms with Crippen LogP contribution >= 0.6 is 11.8 Å². The molecule has 0 unspecified atom stereocenters. The zero-order valence-electron chi connectivity index (χ0n) is 27.2. The highest BCUT2D eigenvalue weighted by Gasteiger charge is 2.44. The number of fused-ring (bicyclic) bond motifs is 1. The molecule has 0 saturated carbocycles. The highest BCUT2D eigenvalue weighted by atomic mass is 32.2. The summed E-state index contributed by atoms with van der Waals surface area (Å²) in [5.74, 6) is -0.00432. The number of piperidine rings is 1. The van der Waals surface area contributed by atoms with Crippen molar-refractivity contribution < 1.29 is 19.2 Å². The minimum atomic E-state index is -0.489. The average molecular weight is 647 g/mol. The summed E-state index contributed by atoms with van der Waals surface area (Å²) in [5, 5.41) is 5.44. The molecule has 46 heavy (non-hydrogen) atoms. The van der Waals surface area contributed by atoms with Crippen LogP contribution in [0.4, 0.5) is 16.2 Å². The van der Waals surface area contributed by atoms with Crippen molar-refractivity contribution in [2.45, 2.75) is 69.5 Å². The summed E-state index contributed by atoms with van der Waals surface area (Å²) in [7, 11) is 0. The molecule has 0 aromatic heterocycles. The number of thioether (sulfide) groups is 1. The number of amides is 5. The van der Waals surface area contributed by atoms with E-state index >= 15 is 0 Å². The van der Waals surface area contributed by atoms with E-state index < -0.39 is 5.25 Å². The van der Waals surface area contributed by atoms with Gasteiger partial charge in [0.05, 0.1) is 11.8 Å². The van der Waals surface area contributed by atoms with E-state index in [9.17, 15) is 19.2 Å². The van der Waals surface area contributed by atoms with Gasteiger partial charge >= 0.3 is 6.03 Å². The van der Waals surface area contributed by atoms with Crippen molar-refractivity contribution in [3.8, 4) is 0 Å². The number of para-hydroxylation sites is 2. The molecule has 11 heteroatoms. The first kappa shape index (κ1) is 32.4. The van der Waals surface area contributed by atoms with E-state index in [4.69, 9.17) is 0 Å². The summed E-state index contributed by atoms with van der Waals surface area (Å²) in [5.41, 5.74) is 3.84. The van der Waals surface area contributed by atoms with Crippen molar-refractivity contribution in [2.75, 3.05) is 56.0 Å². The smallest absolute Gasteiger partial charge is 0.322 e. The Kier molecular flexibility index (Phi) is 9.61. The third-order valence-electron chi connectivity index (χ3n) is 9.58. The Hall–Kier alpha value is -3.57. The van der Waals surface area contributed by atoms with E-state index in [0.29, 0.717) is 58.7 Å². The number of benzene rings is 2. The lowest BCUT2D eigenvalue weighted by atomic mass is 9.92. The van der Waals surface area contributed by atoms with Gasteiger partial charge < -0.3 is 30.2 Å². The van der Waals surface area contributed by atoms with Crippen LogP contribution in [0.3, 0.4) is 0 Å². The summed E-state index contributed by atoms with van der Waals surface area (Å²) in [6.45, 7) is 10.5. The van der Waals surface area contributed by atoms with E-state index in [1.807, 2.05) is 62.1 Å². The first-order chi connectivity index (χ1) is 22.1. The number of likely N-dealkylation sites (tertiary alicyclic amines) is 1. The second-order valence-corrected chi connectivity index (χ2v) is 15.2. The molecule has 2 aromatic rings. The second kappa shape index (κ2) is 13.7. The fourth-order valence-electron chi connectivity index (χ4n) is 6.90. The summed E-state index contributed by atoms with van der Waals surface area (Å²) >= 11 is 1.54. The van der Waals surface area contributed by atoms with E-state index in [-0.39, 0.29) is 47.0 Å². The molecule has 2 atom stereocenters. The van der Waals surface area contributed by atoms with Crippen LogP contribution in [0.15, 0.2) is 48.5 Å². The predicted octanol–water partition coefficient (Wildman–Crippen LogP) is 4.47. The molecule has 2 aromatic carbocycles. The van der Waals surface area contributed by atoms with Crippen LogP contribution in [-0.2, 0) is 20.8 Å². The summed E-state index contributed by atoms with van der Waals surface area (Å²) < 4.78 is 0. The maximum absolute atomic E-state index is 14.0. The van der Waals surface area contributed by atoms with E-state index in [1.54, 1.807) is 0 Å². The lowest BCUT2D eigenvalue weighted by Crippen LogP contribution is -2.50. The lowest BCUT2D eigenvalue weighted by molar-refractivity contribution is -0.137. The van der Waals surface area contributed by atoms with E-state index in [0.717, 1.165) is 35.3 Å². The summed E-state index contributed by atoms with van der Waals surface area (Å²) in [6.07, 6.45) is 3.20. The van der Waals surface area contributed by atoms with Gasteiger partial charge in [-0.05, 0) is 48.8 Å². The molecule has 0 aliphatic carbocycles. The van der Waals surface area contributed by atoms with Gasteiger partial charge in [-0.1, -0.05) is 57.2 Å². The molecule has 2 N–H and O–H groups in total. The number of anilines is 2. The Morgan fingerprint density at radius 2 is 1.70 bits per heavy atom. The van der Waals surface area contributed by atoms with Crippen molar-refractivity contribution in [3.63, 3.8) is 0 Å². The number of urea groups is 1. The van der Waals surface area contributed by atoms with Crippen LogP contribution < -0.4 is 15.5 Å². The first-order valence-corrected chi connectivity index (χ1v) is 17.5. The van der Waals surface area contributed by atoms with Crippen LogP contribution in [0.2, 0.25) is 0 Å². The van der Waals surface area contributed by atoms with Gasteiger partial charge in [0.25, 0.3) is 0 Å². The van der Waals surface area contributed by atoms with Gasteiger partial charge in [0.15, 0.2) is 0 Å². The van der Waals surface area contributed by atoms with Crippen LogP contribution in [0.5, 0.6) is 0 Å². The molecule has 6 rings (SSSR count). The normalized spacial score (nSPS) is 23.0. The maximum atomic E-state index is 14.0. The van der Waals surface area contributed by atoms with Crippen molar-refractivity contribution >= 4 is 46.9 Å². The van der Waals surface area contributed by atoms with Gasteiger partial charge in [-0.3, -0.25) is 14.4 Å². The number of rotatable bonds is 7. The number of nitrogens with zero attached hydrogens (tertiary/aromatic N) is 4. The molecule has 4 heterocycles. The number of carbonyl (C=O) groups excluding carboxylic acids is 4. The van der Waals surface area contributed by atoms with Crippen LogP contribution in [0.1, 0.15) is 63.0 Å². The fourth-order valence-corrected chi connectivity index (χ4v) is 8.41. The molecule has 246 valence electrons. The Labute approximate surface area is 276 Å². The Balaban J connectivity index is 1.12. The van der Waals surface area contributed by atoms with Gasteiger partial charge in [-0.2, -0.15) is 0 Å². The molecular weight excluding hydrogens is 600 g/mol. The largest absolute Gasteiger partial charge is 0.342 e. The standard InChI is InChI=1S/C35H46N6O4S/c1-35(2,3)15-20-41-32(44)29(46-33(41)26-9-5-7-11-28(26)40-21-16-36-23-31(40)43)22-30(42)38-17-13-25(14-18-38)39-19-12-24-8-4-6-10-27(24)37-34(39)45/h4-11,25,29,33,36H,12-23H2,1-3H3,(H,37,45)/t29-,33+/m0/s1. The number of hydrogen-bond acceptors (Lipinski definition) is 6.